The van der Waals surface area contributed by atoms with Gasteiger partial charge in [-0.1, -0.05) is 26.0 Å². The van der Waals surface area contributed by atoms with Crippen LogP contribution in [0.3, 0.4) is 0 Å². The lowest BCUT2D eigenvalue weighted by molar-refractivity contribution is 0.0883. The molecular formula is C18H25NO2. The number of benzene rings is 1. The number of hydrogen-bond acceptors (Lipinski definition) is 3. The number of carbonyl (C=O) groups excluding carboxylic acids is 1. The van der Waals surface area contributed by atoms with E-state index in [1.807, 2.05) is 12.1 Å². The smallest absolute Gasteiger partial charge is 0.171 e. The zero-order valence-electron chi connectivity index (χ0n) is 13.1. The Hall–Kier alpha value is -1.35. The van der Waals surface area contributed by atoms with Crippen LogP contribution in [0.5, 0.6) is 5.75 Å². The zero-order chi connectivity index (χ0) is 14.8. The topological polar surface area (TPSA) is 29.5 Å². The number of Topliss-reactive ketones (excluding diaryl/α,β-unsaturated/α-hetero) is 1. The van der Waals surface area contributed by atoms with Crippen molar-refractivity contribution in [1.29, 1.82) is 0 Å². The Balaban J connectivity index is 1.86. The quantitative estimate of drug-likeness (QED) is 0.852. The number of carbonyl (C=O) groups is 1. The van der Waals surface area contributed by atoms with Crippen LogP contribution < -0.4 is 4.74 Å². The molecule has 1 fully saturated rings. The first-order chi connectivity index (χ1) is 10.2. The molecule has 21 heavy (non-hydrogen) atoms. The molecule has 1 unspecified atom stereocenters. The van der Waals surface area contributed by atoms with Crippen LogP contribution in [-0.2, 0) is 0 Å². The van der Waals surface area contributed by atoms with Gasteiger partial charge in [-0.15, -0.1) is 0 Å². The van der Waals surface area contributed by atoms with E-state index in [1.165, 1.54) is 12.8 Å². The van der Waals surface area contributed by atoms with Crippen molar-refractivity contribution in [2.45, 2.75) is 39.0 Å². The summed E-state index contributed by atoms with van der Waals surface area (Å²) in [4.78, 5) is 15.3. The predicted molar refractivity (Wildman–Crippen MR) is 84.1 cm³/mol. The van der Waals surface area contributed by atoms with Gasteiger partial charge in [-0.3, -0.25) is 4.79 Å². The molecule has 0 saturated carbocycles. The monoisotopic (exact) mass is 287 g/mol. The lowest BCUT2D eigenvalue weighted by Crippen LogP contribution is -2.31. The van der Waals surface area contributed by atoms with Gasteiger partial charge < -0.3 is 9.64 Å². The third-order valence-electron chi connectivity index (χ3n) is 4.69. The molecule has 0 aromatic heterocycles. The van der Waals surface area contributed by atoms with Crippen LogP contribution in [0.1, 0.15) is 54.9 Å². The maximum atomic E-state index is 12.9. The third-order valence-corrected chi connectivity index (χ3v) is 4.69. The number of para-hydroxylation sites is 1. The van der Waals surface area contributed by atoms with E-state index in [9.17, 15) is 4.79 Å². The number of ketones is 1. The summed E-state index contributed by atoms with van der Waals surface area (Å²) in [5.74, 6) is 1.58. The largest absolute Gasteiger partial charge is 0.493 e. The van der Waals surface area contributed by atoms with Crippen LogP contribution in [-0.4, -0.2) is 36.9 Å². The van der Waals surface area contributed by atoms with Crippen molar-refractivity contribution in [1.82, 2.24) is 4.90 Å². The highest BCUT2D eigenvalue weighted by molar-refractivity contribution is 6.01. The molecule has 1 saturated heterocycles. The van der Waals surface area contributed by atoms with Crippen LogP contribution in [0, 0.1) is 5.92 Å². The van der Waals surface area contributed by atoms with Gasteiger partial charge in [0, 0.05) is 12.5 Å². The highest BCUT2D eigenvalue weighted by Gasteiger charge is 2.30. The lowest BCUT2D eigenvalue weighted by Gasteiger charge is -2.20. The summed E-state index contributed by atoms with van der Waals surface area (Å²) >= 11 is 0. The van der Waals surface area contributed by atoms with Gasteiger partial charge in [0.2, 0.25) is 0 Å². The van der Waals surface area contributed by atoms with Crippen molar-refractivity contribution in [3.63, 3.8) is 0 Å². The van der Waals surface area contributed by atoms with E-state index in [2.05, 4.69) is 24.8 Å². The molecule has 0 spiro atoms. The number of likely N-dealkylation sites (tertiary alicyclic amines) is 1. The second-order valence-corrected chi connectivity index (χ2v) is 6.58. The molecule has 0 radical (unpaired) electrons. The molecule has 2 aliphatic rings. The Morgan fingerprint density at radius 3 is 2.76 bits per heavy atom. The molecule has 0 amide bonds. The van der Waals surface area contributed by atoms with Gasteiger partial charge in [0.15, 0.2) is 5.78 Å². The zero-order valence-corrected chi connectivity index (χ0v) is 13.1. The van der Waals surface area contributed by atoms with Gasteiger partial charge in [0.1, 0.15) is 5.75 Å². The van der Waals surface area contributed by atoms with E-state index >= 15 is 0 Å². The average Bonchev–Trinajstić information content (AvgIpc) is 2.92. The molecule has 3 nitrogen and oxygen atoms in total. The number of rotatable bonds is 3. The minimum Gasteiger partial charge on any atom is -0.493 e. The van der Waals surface area contributed by atoms with Crippen molar-refractivity contribution in [3.8, 4) is 5.75 Å². The minimum absolute atomic E-state index is 0.0896. The summed E-state index contributed by atoms with van der Waals surface area (Å²) in [5, 5.41) is 0. The molecule has 1 atom stereocenters. The molecule has 1 aromatic carbocycles. The van der Waals surface area contributed by atoms with E-state index in [0.717, 1.165) is 42.9 Å². The fourth-order valence-electron chi connectivity index (χ4n) is 3.47. The van der Waals surface area contributed by atoms with E-state index < -0.39 is 0 Å². The highest BCUT2D eigenvalue weighted by atomic mass is 16.5. The molecule has 3 rings (SSSR count). The highest BCUT2D eigenvalue weighted by Crippen LogP contribution is 2.34. The summed E-state index contributed by atoms with van der Waals surface area (Å²) < 4.78 is 5.97. The second kappa shape index (κ2) is 6.18. The fourth-order valence-corrected chi connectivity index (χ4v) is 3.47. The average molecular weight is 287 g/mol. The lowest BCUT2D eigenvalue weighted by atomic mass is 9.91. The fraction of sp³-hybridized carbons (Fsp3) is 0.611. The number of nitrogens with zero attached hydrogens (tertiary/aromatic N) is 1. The predicted octanol–water partition coefficient (Wildman–Crippen LogP) is 3.49. The molecule has 2 aliphatic heterocycles. The minimum atomic E-state index is 0.0896. The van der Waals surface area contributed by atoms with Crippen molar-refractivity contribution in [3.05, 3.63) is 29.3 Å². The summed E-state index contributed by atoms with van der Waals surface area (Å²) in [5.41, 5.74) is 1.95. The molecule has 2 heterocycles. The van der Waals surface area contributed by atoms with E-state index in [-0.39, 0.29) is 11.7 Å². The second-order valence-electron chi connectivity index (χ2n) is 6.58. The standard InChI is InChI=1S/C18H25NO2/c1-13(2)15-6-5-7-16-17(20)14(8-11-21-18(15)16)12-19-9-3-4-10-19/h5-7,13-14H,3-4,8-12H2,1-2H3. The number of ether oxygens (including phenoxy) is 1. The molecule has 1 aromatic rings. The van der Waals surface area contributed by atoms with Gasteiger partial charge >= 0.3 is 0 Å². The van der Waals surface area contributed by atoms with Gasteiger partial charge in [-0.25, -0.2) is 0 Å². The maximum Gasteiger partial charge on any atom is 0.171 e. The summed E-state index contributed by atoms with van der Waals surface area (Å²) in [6.07, 6.45) is 3.37. The first-order valence-electron chi connectivity index (χ1n) is 8.19. The van der Waals surface area contributed by atoms with Crippen molar-refractivity contribution in [2.24, 2.45) is 5.92 Å². The molecule has 114 valence electrons. The van der Waals surface area contributed by atoms with Gasteiger partial charge in [0.25, 0.3) is 0 Å². The Labute approximate surface area is 127 Å². The Kier molecular flexibility index (Phi) is 4.29. The van der Waals surface area contributed by atoms with Crippen LogP contribution in [0.15, 0.2) is 18.2 Å². The summed E-state index contributed by atoms with van der Waals surface area (Å²) in [6.45, 7) is 8.13. The van der Waals surface area contributed by atoms with E-state index in [4.69, 9.17) is 4.74 Å². The molecule has 0 aliphatic carbocycles. The van der Waals surface area contributed by atoms with E-state index in [0.29, 0.717) is 12.5 Å². The molecule has 0 bridgehead atoms. The molecular weight excluding hydrogens is 262 g/mol. The summed E-state index contributed by atoms with van der Waals surface area (Å²) in [7, 11) is 0. The molecule has 0 N–H and O–H groups in total. The van der Waals surface area contributed by atoms with Gasteiger partial charge in [0.05, 0.1) is 12.2 Å². The van der Waals surface area contributed by atoms with Crippen molar-refractivity contribution < 1.29 is 9.53 Å². The first-order valence-corrected chi connectivity index (χ1v) is 8.19. The molecule has 3 heteroatoms. The van der Waals surface area contributed by atoms with Crippen molar-refractivity contribution in [2.75, 3.05) is 26.2 Å². The third kappa shape index (κ3) is 2.98. The number of fused-ring (bicyclic) bond motifs is 1. The normalized spacial score (nSPS) is 23.0. The first kappa shape index (κ1) is 14.6. The van der Waals surface area contributed by atoms with Crippen LogP contribution in [0.25, 0.3) is 0 Å². The Bertz CT molecular complexity index is 518. The van der Waals surface area contributed by atoms with Crippen LogP contribution in [0.2, 0.25) is 0 Å². The van der Waals surface area contributed by atoms with Crippen LogP contribution in [0.4, 0.5) is 0 Å². The van der Waals surface area contributed by atoms with Gasteiger partial charge in [-0.2, -0.15) is 0 Å². The van der Waals surface area contributed by atoms with Gasteiger partial charge in [-0.05, 0) is 49.9 Å². The van der Waals surface area contributed by atoms with E-state index in [1.54, 1.807) is 0 Å². The number of hydrogen-bond donors (Lipinski definition) is 0. The van der Waals surface area contributed by atoms with Crippen molar-refractivity contribution >= 4 is 5.78 Å². The Morgan fingerprint density at radius 2 is 2.05 bits per heavy atom. The Morgan fingerprint density at radius 1 is 1.29 bits per heavy atom. The van der Waals surface area contributed by atoms with Crippen LogP contribution >= 0.6 is 0 Å². The summed E-state index contributed by atoms with van der Waals surface area (Å²) in [6, 6.07) is 6.01. The maximum absolute atomic E-state index is 12.9. The SMILES string of the molecule is CC(C)c1cccc2c1OCCC(CN1CCCC1)C2=O.